The molecule has 0 aliphatic carbocycles. The molecule has 0 saturated heterocycles. The topological polar surface area (TPSA) is 63.8 Å². The Kier molecular flexibility index (Phi) is 3.46. The SMILES string of the molecule is Cc1cc(C)cc(Nc2ncnc3c(-c4ccccc4)noc23)c1. The quantitative estimate of drug-likeness (QED) is 0.596. The molecule has 0 radical (unpaired) electrons. The monoisotopic (exact) mass is 316 g/mol. The molecule has 0 bridgehead atoms. The van der Waals surface area contributed by atoms with Gasteiger partial charge in [-0.1, -0.05) is 41.6 Å². The van der Waals surface area contributed by atoms with Crippen LogP contribution >= 0.6 is 0 Å². The summed E-state index contributed by atoms with van der Waals surface area (Å²) < 4.78 is 5.53. The summed E-state index contributed by atoms with van der Waals surface area (Å²) in [5, 5.41) is 7.49. The smallest absolute Gasteiger partial charge is 0.228 e. The van der Waals surface area contributed by atoms with E-state index < -0.39 is 0 Å². The van der Waals surface area contributed by atoms with E-state index in [2.05, 4.69) is 52.5 Å². The summed E-state index contributed by atoms with van der Waals surface area (Å²) in [7, 11) is 0. The number of rotatable bonds is 3. The fraction of sp³-hybridized carbons (Fsp3) is 0.105. The third-order valence-corrected chi connectivity index (χ3v) is 3.79. The molecule has 2 heterocycles. The minimum Gasteiger partial charge on any atom is -0.350 e. The Balaban J connectivity index is 1.79. The van der Waals surface area contributed by atoms with Gasteiger partial charge in [0.15, 0.2) is 5.82 Å². The van der Waals surface area contributed by atoms with Crippen LogP contribution in [0, 0.1) is 13.8 Å². The maximum Gasteiger partial charge on any atom is 0.228 e. The average molecular weight is 316 g/mol. The second kappa shape index (κ2) is 5.77. The standard InChI is InChI=1S/C19H16N4O/c1-12-8-13(2)10-15(9-12)22-19-18-17(20-11-21-19)16(23-24-18)14-6-4-3-5-7-14/h3-11H,1-2H3,(H,20,21,22). The maximum absolute atomic E-state index is 5.53. The summed E-state index contributed by atoms with van der Waals surface area (Å²) in [5.74, 6) is 0.611. The first-order valence-electron chi connectivity index (χ1n) is 7.72. The lowest BCUT2D eigenvalue weighted by Crippen LogP contribution is -1.96. The molecule has 4 rings (SSSR count). The van der Waals surface area contributed by atoms with E-state index in [1.165, 1.54) is 17.5 Å². The Labute approximate surface area is 139 Å². The van der Waals surface area contributed by atoms with Crippen LogP contribution in [0.2, 0.25) is 0 Å². The molecule has 2 aromatic carbocycles. The lowest BCUT2D eigenvalue weighted by molar-refractivity contribution is 0.459. The zero-order chi connectivity index (χ0) is 16.5. The van der Waals surface area contributed by atoms with Crippen molar-refractivity contribution < 1.29 is 4.52 Å². The Morgan fingerprint density at radius 3 is 2.42 bits per heavy atom. The van der Waals surface area contributed by atoms with Crippen LogP contribution in [0.15, 0.2) is 59.4 Å². The molecular formula is C19H16N4O. The highest BCUT2D eigenvalue weighted by Gasteiger charge is 2.16. The number of nitrogens with zero attached hydrogens (tertiary/aromatic N) is 3. The molecule has 4 aromatic rings. The summed E-state index contributed by atoms with van der Waals surface area (Å²) >= 11 is 0. The summed E-state index contributed by atoms with van der Waals surface area (Å²) in [5.41, 5.74) is 6.27. The van der Waals surface area contributed by atoms with Crippen LogP contribution in [0.4, 0.5) is 11.5 Å². The van der Waals surface area contributed by atoms with Crippen LogP contribution < -0.4 is 5.32 Å². The normalized spacial score (nSPS) is 10.9. The number of hydrogen-bond donors (Lipinski definition) is 1. The van der Waals surface area contributed by atoms with Crippen molar-refractivity contribution in [2.24, 2.45) is 0 Å². The van der Waals surface area contributed by atoms with Crippen LogP contribution in [-0.4, -0.2) is 15.1 Å². The van der Waals surface area contributed by atoms with Gasteiger partial charge in [0.1, 0.15) is 17.5 Å². The molecular weight excluding hydrogens is 300 g/mol. The van der Waals surface area contributed by atoms with Crippen molar-refractivity contribution in [1.29, 1.82) is 0 Å². The number of aromatic nitrogens is 3. The van der Waals surface area contributed by atoms with Gasteiger partial charge in [-0.2, -0.15) is 0 Å². The summed E-state index contributed by atoms with van der Waals surface area (Å²) in [6.45, 7) is 4.13. The molecule has 0 saturated carbocycles. The molecule has 0 unspecified atom stereocenters. The molecule has 24 heavy (non-hydrogen) atoms. The Morgan fingerprint density at radius 1 is 0.917 bits per heavy atom. The van der Waals surface area contributed by atoms with Gasteiger partial charge in [0.05, 0.1) is 0 Å². The van der Waals surface area contributed by atoms with Crippen molar-refractivity contribution in [3.8, 4) is 11.3 Å². The molecule has 0 atom stereocenters. The van der Waals surface area contributed by atoms with Gasteiger partial charge < -0.3 is 9.84 Å². The van der Waals surface area contributed by atoms with Gasteiger partial charge >= 0.3 is 0 Å². The molecule has 118 valence electrons. The van der Waals surface area contributed by atoms with Crippen LogP contribution in [0.5, 0.6) is 0 Å². The second-order valence-electron chi connectivity index (χ2n) is 5.80. The third kappa shape index (κ3) is 2.60. The first-order chi connectivity index (χ1) is 11.7. The number of hydrogen-bond acceptors (Lipinski definition) is 5. The zero-order valence-electron chi connectivity index (χ0n) is 13.4. The first-order valence-corrected chi connectivity index (χ1v) is 7.72. The van der Waals surface area contributed by atoms with E-state index >= 15 is 0 Å². The third-order valence-electron chi connectivity index (χ3n) is 3.79. The van der Waals surface area contributed by atoms with Crippen molar-refractivity contribution in [3.05, 3.63) is 66.0 Å². The van der Waals surface area contributed by atoms with Crippen LogP contribution in [-0.2, 0) is 0 Å². The highest BCUT2D eigenvalue weighted by molar-refractivity contribution is 5.94. The van der Waals surface area contributed by atoms with Gasteiger partial charge in [0.25, 0.3) is 0 Å². The van der Waals surface area contributed by atoms with Crippen LogP contribution in [0.1, 0.15) is 11.1 Å². The fourth-order valence-corrected chi connectivity index (χ4v) is 2.82. The predicted molar refractivity (Wildman–Crippen MR) is 94.2 cm³/mol. The van der Waals surface area contributed by atoms with E-state index in [0.717, 1.165) is 16.9 Å². The zero-order valence-corrected chi connectivity index (χ0v) is 13.4. The molecule has 0 spiro atoms. The predicted octanol–water partition coefficient (Wildman–Crippen LogP) is 4.65. The van der Waals surface area contributed by atoms with Gasteiger partial charge in [-0.25, -0.2) is 9.97 Å². The summed E-state index contributed by atoms with van der Waals surface area (Å²) in [6.07, 6.45) is 1.52. The number of fused-ring (bicyclic) bond motifs is 1. The summed E-state index contributed by atoms with van der Waals surface area (Å²) in [6, 6.07) is 16.1. The molecule has 0 fully saturated rings. The van der Waals surface area contributed by atoms with Crippen molar-refractivity contribution >= 4 is 22.6 Å². The minimum absolute atomic E-state index is 0.551. The van der Waals surface area contributed by atoms with Crippen molar-refractivity contribution in [1.82, 2.24) is 15.1 Å². The highest BCUT2D eigenvalue weighted by Crippen LogP contribution is 2.30. The van der Waals surface area contributed by atoms with Gasteiger partial charge in [-0.15, -0.1) is 0 Å². The van der Waals surface area contributed by atoms with E-state index in [1.807, 2.05) is 30.3 Å². The van der Waals surface area contributed by atoms with Gasteiger partial charge in [-0.3, -0.25) is 0 Å². The molecule has 0 amide bonds. The molecule has 5 heteroatoms. The number of nitrogens with one attached hydrogen (secondary N) is 1. The second-order valence-corrected chi connectivity index (χ2v) is 5.80. The minimum atomic E-state index is 0.551. The van der Waals surface area contributed by atoms with Crippen molar-refractivity contribution in [2.75, 3.05) is 5.32 Å². The molecule has 5 nitrogen and oxygen atoms in total. The Hall–Kier alpha value is -3.21. The van der Waals surface area contributed by atoms with E-state index in [1.54, 1.807) is 0 Å². The van der Waals surface area contributed by atoms with Gasteiger partial charge in [0.2, 0.25) is 5.58 Å². The van der Waals surface area contributed by atoms with Gasteiger partial charge in [0, 0.05) is 11.3 Å². The Bertz CT molecular complexity index is 988. The van der Waals surface area contributed by atoms with Crippen molar-refractivity contribution in [2.45, 2.75) is 13.8 Å². The fourth-order valence-electron chi connectivity index (χ4n) is 2.82. The van der Waals surface area contributed by atoms with E-state index in [0.29, 0.717) is 16.9 Å². The first kappa shape index (κ1) is 14.4. The lowest BCUT2D eigenvalue weighted by atomic mass is 10.1. The molecule has 0 aliphatic rings. The molecule has 2 aromatic heterocycles. The van der Waals surface area contributed by atoms with Crippen LogP contribution in [0.3, 0.4) is 0 Å². The van der Waals surface area contributed by atoms with E-state index in [-0.39, 0.29) is 0 Å². The number of anilines is 2. The number of aryl methyl sites for hydroxylation is 2. The average Bonchev–Trinajstić information content (AvgIpc) is 3.00. The van der Waals surface area contributed by atoms with Gasteiger partial charge in [-0.05, 0) is 37.1 Å². The Morgan fingerprint density at radius 2 is 1.67 bits per heavy atom. The van der Waals surface area contributed by atoms with Crippen LogP contribution in [0.25, 0.3) is 22.4 Å². The lowest BCUT2D eigenvalue weighted by Gasteiger charge is -2.07. The van der Waals surface area contributed by atoms with E-state index in [9.17, 15) is 0 Å². The maximum atomic E-state index is 5.53. The molecule has 0 aliphatic heterocycles. The molecule has 1 N–H and O–H groups in total. The largest absolute Gasteiger partial charge is 0.350 e. The summed E-state index contributed by atoms with van der Waals surface area (Å²) in [4.78, 5) is 8.66. The van der Waals surface area contributed by atoms with Crippen molar-refractivity contribution in [3.63, 3.8) is 0 Å². The number of benzene rings is 2. The van der Waals surface area contributed by atoms with E-state index in [4.69, 9.17) is 4.52 Å². The highest BCUT2D eigenvalue weighted by atomic mass is 16.5.